The molecule has 27 atom stereocenters. The lowest BCUT2D eigenvalue weighted by Crippen LogP contribution is -2.43. The minimum Gasteiger partial charge on any atom is -0.780 e. The molecule has 0 amide bonds. The van der Waals surface area contributed by atoms with Crippen molar-refractivity contribution in [1.82, 2.24) is 67.3 Å². The van der Waals surface area contributed by atoms with E-state index in [0.29, 0.717) is 5.56 Å². The normalized spacial score (nSPS) is 29.3. The molecule has 7 aromatic rings. The Hall–Kier alpha value is -6.85. The topological polar surface area (TPSA) is 750 Å². The second kappa shape index (κ2) is 46.7. The Balaban J connectivity index is 0.774. The highest BCUT2D eigenvalue weighted by atomic mass is 32.7. The van der Waals surface area contributed by atoms with Gasteiger partial charge in [-0.25, -0.2) is 29.0 Å². The van der Waals surface area contributed by atoms with Crippen molar-refractivity contribution in [1.29, 1.82) is 0 Å². The number of methoxy groups -OCH3 is 4. The number of aryl methyl sites for hydroxylation is 5. The third-order valence-electron chi connectivity index (χ3n) is 22.6. The van der Waals surface area contributed by atoms with Gasteiger partial charge >= 0.3 is 28.4 Å². The van der Waals surface area contributed by atoms with Crippen LogP contribution in [0.1, 0.15) is 91.4 Å². The number of hydrogen-bond acceptors (Lipinski definition) is 52. The minimum absolute atomic E-state index is 0.00353. The first kappa shape index (κ1) is 109. The van der Waals surface area contributed by atoms with Crippen LogP contribution in [0.25, 0.3) is 11.2 Å². The third kappa shape index (κ3) is 26.5. The van der Waals surface area contributed by atoms with Crippen LogP contribution >= 0.6 is 34.8 Å². The number of aliphatic hydroxyl groups excluding tert-OH is 1. The van der Waals surface area contributed by atoms with Gasteiger partial charge in [0.1, 0.15) is 129 Å². The van der Waals surface area contributed by atoms with Crippen LogP contribution in [-0.2, 0) is 168 Å². The lowest BCUT2D eigenvalue weighted by atomic mass is 10.1. The van der Waals surface area contributed by atoms with Crippen molar-refractivity contribution in [3.8, 4) is 0 Å². The molecule has 0 radical (unpaired) electrons. The van der Waals surface area contributed by atoms with Crippen molar-refractivity contribution >= 4 is 117 Å². The number of aromatic nitrogens is 14. The highest BCUT2D eigenvalue weighted by Gasteiger charge is 2.56. The molecule has 12 N–H and O–H groups in total. The first-order valence-electron chi connectivity index (χ1n) is 42.4. The van der Waals surface area contributed by atoms with Crippen LogP contribution in [0.3, 0.4) is 0 Å². The fourth-order valence-corrected chi connectivity index (χ4v) is 22.4. The summed E-state index contributed by atoms with van der Waals surface area (Å²) in [6.07, 6.45) is -28.7. The quantitative estimate of drug-likeness (QED) is 0.0102. The molecule has 7 aromatic heterocycles. The number of phosphoric acid groups is 1. The van der Waals surface area contributed by atoms with E-state index in [0.717, 1.165) is 35.2 Å². The van der Waals surface area contributed by atoms with E-state index >= 15 is 18.9 Å². The van der Waals surface area contributed by atoms with Crippen LogP contribution in [0.15, 0.2) is 75.7 Å². The van der Waals surface area contributed by atoms with E-state index in [-0.39, 0.29) is 109 Å². The lowest BCUT2D eigenvalue weighted by Gasteiger charge is -2.37. The summed E-state index contributed by atoms with van der Waals surface area (Å²) in [7, 11) is -0.885. The predicted octanol–water partition coefficient (Wildman–Crippen LogP) is -4.19. The van der Waals surface area contributed by atoms with Crippen molar-refractivity contribution in [2.45, 2.75) is 196 Å². The number of nitrogens with two attached hydrogens (primary N) is 4. The molecule has 66 heteroatoms. The third-order valence-corrected chi connectivity index (χ3v) is 29.8. The highest BCUT2D eigenvalue weighted by molar-refractivity contribution is 8.32. The zero-order chi connectivity index (χ0) is 101. The Bertz CT molecular complexity index is 6300. The maximum absolute atomic E-state index is 15.4. The van der Waals surface area contributed by atoms with Crippen LogP contribution in [0.4, 0.5) is 23.4 Å². The van der Waals surface area contributed by atoms with Crippen LogP contribution in [0, 0.1) is 34.6 Å². The molecule has 6 aliphatic rings. The van der Waals surface area contributed by atoms with Crippen LogP contribution < -0.4 is 87.6 Å². The molecular weight excluding hydrogens is 2040 g/mol. The number of rotatable bonds is 48. The van der Waals surface area contributed by atoms with Crippen molar-refractivity contribution in [3.63, 3.8) is 0 Å². The second-order valence-corrected chi connectivity index (χ2v) is 44.3. The molecule has 11 unspecified atom stereocenters. The summed E-state index contributed by atoms with van der Waals surface area (Å²) in [6, 6.07) is 0. The number of H-pyrrole nitrogens is 3. The standard InChI is InChI=1S/C73H107N18O39P5S4/c1-11-38-39(20-47(120-38)91-32-78-48-60(91)82-68(77)83-63(48)95)126-132(103,136)116-27-41-40(21-46(121-41)86-22-33(2)57(74)79-69(86)96)127-133(104,137)118-30-44-50(54(112-17-13-108-8)65(124-44)87-23-34(3)58(75)80-70(87)97)128-131(101,102)115-29-43-51(55(113-18-14-109-9)66(123-43)88-24-35(4)59(76)81-71(88)98)129-135(106,139)119-31-45-52(56(114-19-15-110-10)67(125-45)90-26-37(6)62(94)85-73(90)100)130-134(105,138)117-28-42-49(92)53(111-16-12-107-7)64(122-42)89-25-36(5)61(93)84-72(89)99/h22-26,32,38-47,49-56,64-67,92H,11-21,27-31H2,1-10H3,(H,101,102)(H,103,136)(H,104,137)(H,105,138)(H,106,139)(H2,74,79,96)(H2,75,80,97)(H2,76,81,98)(H,84,93,99)(H,85,94,100)(H3,77,82,83,95)/p-5/t38-,39?,40?,41-,42-,43-,44-,45-,46-,47-,49?,50?,51?,52?,53+,54+,55+,56+,64-,65-,66-,67-,132?,133?,134?,135?/m1/s1. The van der Waals surface area contributed by atoms with Gasteiger partial charge in [0.2, 0.25) is 5.95 Å². The molecule has 0 aliphatic carbocycles. The number of hydrogen-bond donors (Lipinski definition) is 8. The van der Waals surface area contributed by atoms with Crippen LogP contribution in [0.5, 0.6) is 0 Å². The summed E-state index contributed by atoms with van der Waals surface area (Å²) in [5, 5.41) is 11.7. The van der Waals surface area contributed by atoms with Crippen molar-refractivity contribution in [2.75, 3.05) is 137 Å². The molecular formula is C73H102N18O39P5S4-5. The zero-order valence-electron chi connectivity index (χ0n) is 75.5. The highest BCUT2D eigenvalue weighted by Crippen LogP contribution is 2.56. The summed E-state index contributed by atoms with van der Waals surface area (Å²) >= 11 is 22.1. The SMILES string of the molecule is CC[C@H]1O[C@@H](n2cnc3c(=O)[nH]c(N)nc32)CC1OP([O-])(=S)OC[C@H]1O[C@@H](n2cc(C)c(N)nc2=O)CC1OP(=O)([S-])OC[C@H]1O[C@@H](n2cc(C)c(N)nc2=O)[C@@H](OCCOC)C1OP(=O)([O-])OC[C@H]1O[C@@H](n2cc(C)c(N)nc2=O)[C@@H](OCCOC)C1OP([O-])(=S)OC[C@H]1O[C@@H](n2cc(C)c(=O)[nH]c2=O)[C@@H](OCCOC)C1OP([O-])(=S)OC[C@H]1O[C@@H](n2cc(C)c(=O)[nH]c2=O)[C@@H](OCCOC)C1O. The number of aliphatic hydroxyl groups is 1. The predicted molar refractivity (Wildman–Crippen MR) is 483 cm³/mol. The molecule has 0 saturated carbocycles. The summed E-state index contributed by atoms with van der Waals surface area (Å²) in [5.41, 5.74) is 17.3. The van der Waals surface area contributed by atoms with E-state index in [2.05, 4.69) is 39.9 Å². The van der Waals surface area contributed by atoms with Crippen molar-refractivity contribution < 1.29 is 145 Å². The molecule has 0 aromatic carbocycles. The molecule has 13 rings (SSSR count). The van der Waals surface area contributed by atoms with E-state index in [1.165, 1.54) is 92.5 Å². The number of nitrogens with zero attached hydrogens (tertiary/aromatic N) is 11. The van der Waals surface area contributed by atoms with E-state index in [1.54, 1.807) is 6.92 Å². The van der Waals surface area contributed by atoms with E-state index in [4.69, 9.17) is 182 Å². The smallest absolute Gasteiger partial charge is 0.351 e. The van der Waals surface area contributed by atoms with Gasteiger partial charge in [0.05, 0.1) is 111 Å². The Morgan fingerprint density at radius 1 is 0.432 bits per heavy atom. The van der Waals surface area contributed by atoms with Gasteiger partial charge in [-0.3, -0.25) is 65.9 Å². The molecule has 57 nitrogen and oxygen atoms in total. The molecule has 13 heterocycles. The number of ether oxygens (including phenoxy) is 14. The molecule has 0 bridgehead atoms. The Kier molecular flexibility index (Phi) is 36.7. The van der Waals surface area contributed by atoms with Gasteiger partial charge in [-0.15, -0.1) is 0 Å². The zero-order valence-corrected chi connectivity index (χ0v) is 83.3. The van der Waals surface area contributed by atoms with Crippen molar-refractivity contribution in [2.24, 2.45) is 0 Å². The number of nitrogen functional groups attached to an aromatic ring is 4. The number of phosphoric ester groups is 1. The first-order chi connectivity index (χ1) is 65.7. The maximum atomic E-state index is 15.4. The minimum atomic E-state index is -6.15. The fraction of sp³-hybridized carbons (Fsp3) is 0.658. The monoisotopic (exact) mass is 2140 g/mol. The molecule has 6 aliphatic heterocycles. The number of anilines is 4. The first-order valence-corrected chi connectivity index (χ1v) is 54.1. The maximum Gasteiger partial charge on any atom is 0.351 e. The average Bonchev–Trinajstić information content (AvgIpc) is 1.63. The molecule has 6 fully saturated rings. The van der Waals surface area contributed by atoms with Crippen LogP contribution in [0.2, 0.25) is 0 Å². The van der Waals surface area contributed by atoms with Crippen LogP contribution in [-0.4, -0.2) is 284 Å². The number of fused-ring (bicyclic) bond motifs is 1. The van der Waals surface area contributed by atoms with E-state index < -0.39 is 268 Å². The molecule has 772 valence electrons. The fourth-order valence-electron chi connectivity index (χ4n) is 15.7. The van der Waals surface area contributed by atoms with E-state index in [9.17, 15) is 53.2 Å². The van der Waals surface area contributed by atoms with Crippen molar-refractivity contribution in [3.05, 3.63) is 149 Å². The van der Waals surface area contributed by atoms with Gasteiger partial charge in [0.15, 0.2) is 42.9 Å². The molecule has 139 heavy (non-hydrogen) atoms. The Labute approximate surface area is 807 Å². The molecule has 6 saturated heterocycles. The second-order valence-electron chi connectivity index (χ2n) is 32.1. The van der Waals surface area contributed by atoms with Gasteiger partial charge in [-0.05, 0) is 41.0 Å². The molecule has 0 spiro atoms. The van der Waals surface area contributed by atoms with Gasteiger partial charge in [0.25, 0.3) is 24.5 Å². The number of aromatic amines is 3. The van der Waals surface area contributed by atoms with Gasteiger partial charge in [0, 0.05) is 100 Å². The summed E-state index contributed by atoms with van der Waals surface area (Å²) in [4.78, 5) is 193. The van der Waals surface area contributed by atoms with Gasteiger partial charge in [-0.2, -0.15) is 19.9 Å². The number of nitrogens with one attached hydrogen (secondary N) is 3. The summed E-state index contributed by atoms with van der Waals surface area (Å²) in [6.45, 7) is -18.5. The Morgan fingerprint density at radius 3 is 1.27 bits per heavy atom. The lowest BCUT2D eigenvalue weighted by molar-refractivity contribution is -0.238. The summed E-state index contributed by atoms with van der Waals surface area (Å²) in [5.74, 6) is -0.825. The summed E-state index contributed by atoms with van der Waals surface area (Å²) < 4.78 is 179. The van der Waals surface area contributed by atoms with Gasteiger partial charge in [-0.1, -0.05) is 42.3 Å². The Morgan fingerprint density at radius 2 is 0.799 bits per heavy atom. The van der Waals surface area contributed by atoms with E-state index in [1.807, 2.05) is 0 Å². The van der Waals surface area contributed by atoms with Gasteiger partial charge < -0.3 is 171 Å². The largest absolute Gasteiger partial charge is 0.780 e. The number of imidazole rings is 1. The average molecular weight is 2140 g/mol.